The van der Waals surface area contributed by atoms with Crippen LogP contribution in [-0.4, -0.2) is 30.6 Å². The normalized spacial score (nSPS) is 13.2. The lowest BCUT2D eigenvalue weighted by Gasteiger charge is -2.21. The standard InChI is InChI=1S/C30H24ClN5S2/c1-37-30-34-33-28(36(30)21-9-3-2-4-10-21)27-26(35-17-7-8-18-35)25-24(19-13-15-20(31)16-14-19)22-11-5-6-12-23(22)32-29(25)38-27/h2-4,7-10,13-18H,5-6,11-12H2,1H3. The first-order valence-electron chi connectivity index (χ1n) is 12.7. The van der Waals surface area contributed by atoms with E-state index >= 15 is 0 Å². The number of aromatic nitrogens is 5. The van der Waals surface area contributed by atoms with Crippen molar-refractivity contribution in [2.45, 2.75) is 30.8 Å². The van der Waals surface area contributed by atoms with Gasteiger partial charge in [-0.2, -0.15) is 0 Å². The van der Waals surface area contributed by atoms with Gasteiger partial charge in [-0.25, -0.2) is 4.98 Å². The lowest BCUT2D eigenvalue weighted by atomic mass is 9.87. The number of fused-ring (bicyclic) bond motifs is 2. The predicted octanol–water partition coefficient (Wildman–Crippen LogP) is 8.26. The molecule has 6 aromatic rings. The second-order valence-electron chi connectivity index (χ2n) is 9.36. The third-order valence-corrected chi connectivity index (χ3v) is 9.07. The minimum atomic E-state index is 0.741. The minimum Gasteiger partial charge on any atom is -0.322 e. The van der Waals surface area contributed by atoms with Crippen molar-refractivity contribution in [3.05, 3.63) is 95.4 Å². The lowest BCUT2D eigenvalue weighted by molar-refractivity contribution is 0.673. The molecule has 0 fully saturated rings. The topological polar surface area (TPSA) is 48.5 Å². The Balaban J connectivity index is 1.60. The Bertz CT molecular complexity index is 1750. The van der Waals surface area contributed by atoms with Crippen molar-refractivity contribution in [2.24, 2.45) is 0 Å². The highest BCUT2D eigenvalue weighted by atomic mass is 35.5. The van der Waals surface area contributed by atoms with Gasteiger partial charge in [-0.1, -0.05) is 53.7 Å². The highest BCUT2D eigenvalue weighted by Crippen LogP contribution is 2.47. The molecule has 5 nitrogen and oxygen atoms in total. The number of nitrogens with zero attached hydrogens (tertiary/aromatic N) is 5. The van der Waals surface area contributed by atoms with Crippen molar-refractivity contribution in [3.63, 3.8) is 0 Å². The number of aryl methyl sites for hydroxylation is 1. The van der Waals surface area contributed by atoms with Crippen LogP contribution in [0.1, 0.15) is 24.1 Å². The number of hydrogen-bond donors (Lipinski definition) is 0. The molecule has 7 rings (SSSR count). The van der Waals surface area contributed by atoms with Crippen LogP contribution in [0.4, 0.5) is 0 Å². The van der Waals surface area contributed by atoms with Gasteiger partial charge in [-0.15, -0.1) is 21.5 Å². The number of rotatable bonds is 5. The second-order valence-corrected chi connectivity index (χ2v) is 11.6. The first-order chi connectivity index (χ1) is 18.7. The van der Waals surface area contributed by atoms with E-state index in [1.807, 2.05) is 24.5 Å². The summed E-state index contributed by atoms with van der Waals surface area (Å²) in [6.07, 6.45) is 10.6. The van der Waals surface area contributed by atoms with Gasteiger partial charge in [0.05, 0.1) is 10.6 Å². The molecule has 0 radical (unpaired) electrons. The fourth-order valence-electron chi connectivity index (χ4n) is 5.45. The molecule has 1 aliphatic rings. The van der Waals surface area contributed by atoms with Crippen molar-refractivity contribution in [1.82, 2.24) is 24.3 Å². The third-order valence-electron chi connectivity index (χ3n) is 7.12. The van der Waals surface area contributed by atoms with Gasteiger partial charge in [0.25, 0.3) is 0 Å². The number of para-hydroxylation sites is 1. The van der Waals surface area contributed by atoms with Gasteiger partial charge in [-0.3, -0.25) is 4.57 Å². The molecule has 38 heavy (non-hydrogen) atoms. The molecule has 0 saturated carbocycles. The summed E-state index contributed by atoms with van der Waals surface area (Å²) in [4.78, 5) is 7.37. The zero-order chi connectivity index (χ0) is 25.6. The molecule has 0 spiro atoms. The lowest BCUT2D eigenvalue weighted by Crippen LogP contribution is -2.08. The molecule has 8 heteroatoms. The van der Waals surface area contributed by atoms with E-state index in [4.69, 9.17) is 21.7 Å². The van der Waals surface area contributed by atoms with E-state index in [0.717, 1.165) is 55.3 Å². The largest absolute Gasteiger partial charge is 0.322 e. The Kier molecular flexibility index (Phi) is 6.07. The van der Waals surface area contributed by atoms with Gasteiger partial charge in [0.2, 0.25) is 0 Å². The van der Waals surface area contributed by atoms with E-state index in [1.165, 1.54) is 35.2 Å². The first kappa shape index (κ1) is 23.7. The van der Waals surface area contributed by atoms with E-state index < -0.39 is 0 Å². The number of halogens is 1. The molecule has 0 saturated heterocycles. The molecule has 1 aliphatic carbocycles. The first-order valence-corrected chi connectivity index (χ1v) is 15.1. The Hall–Kier alpha value is -3.39. The summed E-state index contributed by atoms with van der Waals surface area (Å²) in [6.45, 7) is 0. The Labute approximate surface area is 234 Å². The number of benzene rings is 2. The molecular formula is C30H24ClN5S2. The van der Waals surface area contributed by atoms with Crippen LogP contribution in [-0.2, 0) is 12.8 Å². The maximum Gasteiger partial charge on any atom is 0.195 e. The molecular weight excluding hydrogens is 530 g/mol. The zero-order valence-corrected chi connectivity index (χ0v) is 23.2. The number of pyridine rings is 1. The Morgan fingerprint density at radius 1 is 0.895 bits per heavy atom. The van der Waals surface area contributed by atoms with Crippen molar-refractivity contribution in [3.8, 4) is 33.2 Å². The smallest absolute Gasteiger partial charge is 0.195 e. The fourth-order valence-corrected chi connectivity index (χ4v) is 7.25. The van der Waals surface area contributed by atoms with Crippen LogP contribution < -0.4 is 0 Å². The van der Waals surface area contributed by atoms with Crippen molar-refractivity contribution >= 4 is 44.9 Å². The summed E-state index contributed by atoms with van der Waals surface area (Å²) >= 11 is 9.61. The average molecular weight is 554 g/mol. The summed E-state index contributed by atoms with van der Waals surface area (Å²) in [5.74, 6) is 0.826. The molecule has 0 aliphatic heterocycles. The highest BCUT2D eigenvalue weighted by molar-refractivity contribution is 7.98. The predicted molar refractivity (Wildman–Crippen MR) is 158 cm³/mol. The zero-order valence-electron chi connectivity index (χ0n) is 20.8. The SMILES string of the molecule is CSc1nnc(-c2sc3nc4c(c(-c5ccc(Cl)cc5)c3c2-n2cccc2)CCCC4)n1-c1ccccc1. The van der Waals surface area contributed by atoms with Crippen molar-refractivity contribution in [2.75, 3.05) is 6.26 Å². The summed E-state index contributed by atoms with van der Waals surface area (Å²) in [5.41, 5.74) is 7.15. The second kappa shape index (κ2) is 9.73. The highest BCUT2D eigenvalue weighted by Gasteiger charge is 2.28. The van der Waals surface area contributed by atoms with Crippen LogP contribution in [0.3, 0.4) is 0 Å². The Morgan fingerprint density at radius 3 is 2.42 bits per heavy atom. The van der Waals surface area contributed by atoms with Crippen LogP contribution in [0, 0.1) is 0 Å². The monoisotopic (exact) mass is 553 g/mol. The van der Waals surface area contributed by atoms with Crippen molar-refractivity contribution in [1.29, 1.82) is 0 Å². The summed E-state index contributed by atoms with van der Waals surface area (Å²) in [5, 5.41) is 12.1. The van der Waals surface area contributed by atoms with Crippen LogP contribution in [0.25, 0.3) is 43.4 Å². The summed E-state index contributed by atoms with van der Waals surface area (Å²) < 4.78 is 4.36. The number of thiophene rings is 1. The molecule has 0 N–H and O–H groups in total. The van der Waals surface area contributed by atoms with E-state index in [0.29, 0.717) is 0 Å². The molecule has 0 atom stereocenters. The molecule has 0 unspecified atom stereocenters. The molecule has 4 heterocycles. The maximum absolute atomic E-state index is 6.31. The van der Waals surface area contributed by atoms with Crippen LogP contribution in [0.2, 0.25) is 5.02 Å². The van der Waals surface area contributed by atoms with E-state index in [2.05, 4.69) is 75.2 Å². The van der Waals surface area contributed by atoms with Crippen LogP contribution in [0.15, 0.2) is 84.3 Å². The van der Waals surface area contributed by atoms with Gasteiger partial charge >= 0.3 is 0 Å². The van der Waals surface area contributed by atoms with Gasteiger partial charge in [0.1, 0.15) is 4.83 Å². The van der Waals surface area contributed by atoms with E-state index in [-0.39, 0.29) is 0 Å². The van der Waals surface area contributed by atoms with Gasteiger partial charge in [0, 0.05) is 34.2 Å². The van der Waals surface area contributed by atoms with Crippen molar-refractivity contribution < 1.29 is 0 Å². The molecule has 2 aromatic carbocycles. The number of thioether (sulfide) groups is 1. The average Bonchev–Trinajstić information content (AvgIpc) is 3.71. The van der Waals surface area contributed by atoms with Gasteiger partial charge in [-0.05, 0) is 85.0 Å². The third kappa shape index (κ3) is 3.88. The minimum absolute atomic E-state index is 0.741. The molecule has 188 valence electrons. The maximum atomic E-state index is 6.31. The number of hydrogen-bond acceptors (Lipinski definition) is 5. The van der Waals surface area contributed by atoms with Gasteiger partial charge < -0.3 is 4.57 Å². The molecule has 0 bridgehead atoms. The summed E-state index contributed by atoms with van der Waals surface area (Å²) in [6, 6.07) is 22.7. The van der Waals surface area contributed by atoms with Gasteiger partial charge in [0.15, 0.2) is 11.0 Å². The fraction of sp³-hybridized carbons (Fsp3) is 0.167. The summed E-state index contributed by atoms with van der Waals surface area (Å²) in [7, 11) is 0. The van der Waals surface area contributed by atoms with E-state index in [1.54, 1.807) is 23.1 Å². The van der Waals surface area contributed by atoms with Crippen LogP contribution in [0.5, 0.6) is 0 Å². The van der Waals surface area contributed by atoms with Crippen LogP contribution >= 0.6 is 34.7 Å². The quantitative estimate of drug-likeness (QED) is 0.202. The Morgan fingerprint density at radius 2 is 1.66 bits per heavy atom. The van der Waals surface area contributed by atoms with E-state index in [9.17, 15) is 0 Å². The molecule has 0 amide bonds. The molecule has 4 aromatic heterocycles.